The standard InChI is InChI=1S/C20H35N3O/c1-17(2)15-22-16-18(14-21)20(24)23-19-12-10-8-6-4-3-5-7-9-11-13-19/h16-17,19,22H,3-13,15H2,1-2H3,(H,23,24)/b18-16-. The number of amides is 1. The Kier molecular flexibility index (Phi) is 11.0. The van der Waals surface area contributed by atoms with Gasteiger partial charge in [-0.2, -0.15) is 5.26 Å². The van der Waals surface area contributed by atoms with Crippen molar-refractivity contribution < 1.29 is 4.79 Å². The summed E-state index contributed by atoms with van der Waals surface area (Å²) < 4.78 is 0. The normalized spacial score (nSPS) is 19.0. The van der Waals surface area contributed by atoms with Gasteiger partial charge in [0.1, 0.15) is 11.6 Å². The quantitative estimate of drug-likeness (QED) is 0.578. The summed E-state index contributed by atoms with van der Waals surface area (Å²) in [5, 5.41) is 15.4. The fourth-order valence-corrected chi connectivity index (χ4v) is 3.12. The van der Waals surface area contributed by atoms with Crippen LogP contribution in [0.4, 0.5) is 0 Å². The number of nitrogens with zero attached hydrogens (tertiary/aromatic N) is 1. The molecule has 0 radical (unpaired) electrons. The van der Waals surface area contributed by atoms with E-state index in [1.165, 1.54) is 57.8 Å². The van der Waals surface area contributed by atoms with Crippen LogP contribution in [0.25, 0.3) is 0 Å². The van der Waals surface area contributed by atoms with E-state index in [1.54, 1.807) is 6.20 Å². The Labute approximate surface area is 148 Å². The third-order valence-electron chi connectivity index (χ3n) is 4.58. The average Bonchev–Trinajstić information content (AvgIpc) is 2.53. The highest BCUT2D eigenvalue weighted by Gasteiger charge is 2.15. The molecule has 1 amide bonds. The Balaban J connectivity index is 2.50. The van der Waals surface area contributed by atoms with Crippen LogP contribution >= 0.6 is 0 Å². The van der Waals surface area contributed by atoms with Gasteiger partial charge in [-0.25, -0.2) is 0 Å². The van der Waals surface area contributed by atoms with Crippen molar-refractivity contribution in [3.05, 3.63) is 11.8 Å². The minimum Gasteiger partial charge on any atom is -0.389 e. The molecule has 0 saturated heterocycles. The Hall–Kier alpha value is -1.50. The number of hydrogen-bond donors (Lipinski definition) is 2. The molecule has 0 aromatic heterocycles. The number of nitrogens with one attached hydrogen (secondary N) is 2. The molecule has 136 valence electrons. The number of rotatable bonds is 5. The molecule has 1 fully saturated rings. The number of carbonyl (C=O) groups excluding carboxylic acids is 1. The van der Waals surface area contributed by atoms with Crippen LogP contribution in [0.2, 0.25) is 0 Å². The second-order valence-corrected chi connectivity index (χ2v) is 7.40. The summed E-state index contributed by atoms with van der Waals surface area (Å²) in [5.41, 5.74) is 0.182. The predicted molar refractivity (Wildman–Crippen MR) is 99.3 cm³/mol. The second-order valence-electron chi connectivity index (χ2n) is 7.40. The Morgan fingerprint density at radius 3 is 2.00 bits per heavy atom. The lowest BCUT2D eigenvalue weighted by atomic mass is 9.98. The highest BCUT2D eigenvalue weighted by atomic mass is 16.1. The van der Waals surface area contributed by atoms with Gasteiger partial charge in [-0.05, 0) is 18.8 Å². The average molecular weight is 334 g/mol. The molecule has 4 heteroatoms. The number of carbonyl (C=O) groups is 1. The minimum atomic E-state index is -0.231. The Morgan fingerprint density at radius 1 is 1.04 bits per heavy atom. The molecule has 24 heavy (non-hydrogen) atoms. The third kappa shape index (κ3) is 9.60. The predicted octanol–water partition coefficient (Wildman–Crippen LogP) is 4.43. The molecule has 1 rings (SSSR count). The van der Waals surface area contributed by atoms with E-state index in [-0.39, 0.29) is 17.5 Å². The molecule has 4 nitrogen and oxygen atoms in total. The van der Waals surface area contributed by atoms with Gasteiger partial charge in [0.15, 0.2) is 0 Å². The highest BCUT2D eigenvalue weighted by Crippen LogP contribution is 2.17. The summed E-state index contributed by atoms with van der Waals surface area (Å²) in [5.74, 6) is 0.251. The van der Waals surface area contributed by atoms with Gasteiger partial charge in [0.2, 0.25) is 0 Å². The first-order chi connectivity index (χ1) is 11.6. The maximum atomic E-state index is 12.4. The van der Waals surface area contributed by atoms with Gasteiger partial charge >= 0.3 is 0 Å². The summed E-state index contributed by atoms with van der Waals surface area (Å²) in [6.07, 6.45) is 15.2. The number of nitriles is 1. The number of hydrogen-bond acceptors (Lipinski definition) is 3. The molecule has 0 bridgehead atoms. The van der Waals surface area contributed by atoms with Crippen molar-refractivity contribution in [2.75, 3.05) is 6.54 Å². The van der Waals surface area contributed by atoms with Crippen molar-refractivity contribution in [1.82, 2.24) is 10.6 Å². The zero-order chi connectivity index (χ0) is 17.6. The van der Waals surface area contributed by atoms with E-state index in [4.69, 9.17) is 0 Å². The SMILES string of the molecule is CC(C)CN/C=C(/C#N)C(=O)NC1CCCCCCCCCCC1. The topological polar surface area (TPSA) is 64.9 Å². The van der Waals surface area contributed by atoms with Gasteiger partial charge in [0, 0.05) is 18.8 Å². The summed E-state index contributed by atoms with van der Waals surface area (Å²) >= 11 is 0. The van der Waals surface area contributed by atoms with Gasteiger partial charge in [0.25, 0.3) is 5.91 Å². The van der Waals surface area contributed by atoms with E-state index in [1.807, 2.05) is 6.07 Å². The molecule has 1 aliphatic rings. The lowest BCUT2D eigenvalue weighted by molar-refractivity contribution is -0.117. The molecular weight excluding hydrogens is 298 g/mol. The van der Waals surface area contributed by atoms with E-state index < -0.39 is 0 Å². The van der Waals surface area contributed by atoms with E-state index >= 15 is 0 Å². The van der Waals surface area contributed by atoms with Crippen LogP contribution in [0, 0.1) is 17.2 Å². The van der Waals surface area contributed by atoms with Gasteiger partial charge in [-0.3, -0.25) is 4.79 Å². The smallest absolute Gasteiger partial charge is 0.263 e. The second kappa shape index (κ2) is 12.9. The van der Waals surface area contributed by atoms with Crippen molar-refractivity contribution in [2.24, 2.45) is 5.92 Å². The molecule has 0 heterocycles. The molecular formula is C20H35N3O. The van der Waals surface area contributed by atoms with E-state index in [0.29, 0.717) is 5.92 Å². The summed E-state index contributed by atoms with van der Waals surface area (Å²) in [6, 6.07) is 2.23. The molecule has 0 spiro atoms. The van der Waals surface area contributed by atoms with Gasteiger partial charge in [-0.15, -0.1) is 0 Å². The van der Waals surface area contributed by atoms with Gasteiger partial charge < -0.3 is 10.6 Å². The fraction of sp³-hybridized carbons (Fsp3) is 0.800. The summed E-state index contributed by atoms with van der Waals surface area (Å²) in [4.78, 5) is 12.4. The van der Waals surface area contributed by atoms with Gasteiger partial charge in [0.05, 0.1) is 0 Å². The zero-order valence-electron chi connectivity index (χ0n) is 15.6. The van der Waals surface area contributed by atoms with Crippen molar-refractivity contribution in [3.8, 4) is 6.07 Å². The highest BCUT2D eigenvalue weighted by molar-refractivity contribution is 5.97. The fourth-order valence-electron chi connectivity index (χ4n) is 3.12. The van der Waals surface area contributed by atoms with E-state index in [2.05, 4.69) is 24.5 Å². The van der Waals surface area contributed by atoms with Crippen LogP contribution in [0.3, 0.4) is 0 Å². The summed E-state index contributed by atoms with van der Waals surface area (Å²) in [7, 11) is 0. The van der Waals surface area contributed by atoms with Crippen LogP contribution in [0.5, 0.6) is 0 Å². The van der Waals surface area contributed by atoms with Crippen LogP contribution in [-0.4, -0.2) is 18.5 Å². The van der Waals surface area contributed by atoms with Crippen molar-refractivity contribution >= 4 is 5.91 Å². The van der Waals surface area contributed by atoms with Crippen LogP contribution < -0.4 is 10.6 Å². The molecule has 0 atom stereocenters. The van der Waals surface area contributed by atoms with E-state index in [0.717, 1.165) is 19.4 Å². The molecule has 1 saturated carbocycles. The minimum absolute atomic E-state index is 0.182. The maximum Gasteiger partial charge on any atom is 0.263 e. The van der Waals surface area contributed by atoms with Crippen LogP contribution in [-0.2, 0) is 4.79 Å². The molecule has 2 N–H and O–H groups in total. The Morgan fingerprint density at radius 2 is 1.54 bits per heavy atom. The Bertz CT molecular complexity index is 411. The van der Waals surface area contributed by atoms with Gasteiger partial charge in [-0.1, -0.05) is 71.6 Å². The third-order valence-corrected chi connectivity index (χ3v) is 4.58. The van der Waals surface area contributed by atoms with Crippen molar-refractivity contribution in [2.45, 2.75) is 90.5 Å². The molecule has 0 aromatic carbocycles. The lowest BCUT2D eigenvalue weighted by Gasteiger charge is -2.19. The molecule has 0 aromatic rings. The first-order valence-corrected chi connectivity index (χ1v) is 9.78. The largest absolute Gasteiger partial charge is 0.389 e. The monoisotopic (exact) mass is 333 g/mol. The first kappa shape index (κ1) is 20.5. The van der Waals surface area contributed by atoms with Crippen LogP contribution in [0.1, 0.15) is 84.5 Å². The van der Waals surface area contributed by atoms with E-state index in [9.17, 15) is 10.1 Å². The first-order valence-electron chi connectivity index (χ1n) is 9.78. The van der Waals surface area contributed by atoms with Crippen LogP contribution in [0.15, 0.2) is 11.8 Å². The zero-order valence-corrected chi connectivity index (χ0v) is 15.6. The molecule has 0 aliphatic heterocycles. The van der Waals surface area contributed by atoms with Crippen molar-refractivity contribution in [1.29, 1.82) is 5.26 Å². The molecule has 0 unspecified atom stereocenters. The lowest BCUT2D eigenvalue weighted by Crippen LogP contribution is -2.36. The van der Waals surface area contributed by atoms with Crippen molar-refractivity contribution in [3.63, 3.8) is 0 Å². The molecule has 1 aliphatic carbocycles. The maximum absolute atomic E-state index is 12.4. The summed E-state index contributed by atoms with van der Waals surface area (Å²) in [6.45, 7) is 4.96.